The Kier molecular flexibility index (Phi) is 1.71. The normalized spacial score (nSPS) is 9.30. The molecule has 0 spiro atoms. The summed E-state index contributed by atoms with van der Waals surface area (Å²) in [6.45, 7) is 5.56. The lowest BCUT2D eigenvalue weighted by atomic mass is 10.2. The van der Waals surface area contributed by atoms with Crippen LogP contribution in [0.4, 0.5) is 5.69 Å². The number of nitrogens with zero attached hydrogens (tertiary/aromatic N) is 1. The Hall–Kier alpha value is -1.31. The fourth-order valence-corrected chi connectivity index (χ4v) is 0.774. The Morgan fingerprint density at radius 2 is 2.40 bits per heavy atom. The first-order valence-electron chi connectivity index (χ1n) is 3.08. The summed E-state index contributed by atoms with van der Waals surface area (Å²) in [7, 11) is 0. The Bertz CT molecular complexity index is 253. The van der Waals surface area contributed by atoms with Crippen LogP contribution in [-0.4, -0.2) is 4.98 Å². The molecule has 0 bridgehead atoms. The first-order valence-corrected chi connectivity index (χ1v) is 3.08. The van der Waals surface area contributed by atoms with Crippen molar-refractivity contribution in [2.24, 2.45) is 0 Å². The Balaban J connectivity index is 3.21. The molecule has 52 valence electrons. The van der Waals surface area contributed by atoms with Gasteiger partial charge < -0.3 is 5.73 Å². The first kappa shape index (κ1) is 6.81. The van der Waals surface area contributed by atoms with E-state index in [2.05, 4.69) is 11.6 Å². The Labute approximate surface area is 60.4 Å². The second kappa shape index (κ2) is 2.52. The second-order valence-corrected chi connectivity index (χ2v) is 2.15. The summed E-state index contributed by atoms with van der Waals surface area (Å²) in [5.41, 5.74) is 8.14. The summed E-state index contributed by atoms with van der Waals surface area (Å²) >= 11 is 0. The number of rotatable bonds is 1. The zero-order valence-electron chi connectivity index (χ0n) is 5.96. The number of nitrogens with two attached hydrogens (primary N) is 1. The third-order valence-corrected chi connectivity index (χ3v) is 1.37. The monoisotopic (exact) mass is 134 g/mol. The highest BCUT2D eigenvalue weighted by Gasteiger charge is 1.93. The van der Waals surface area contributed by atoms with Crippen molar-refractivity contribution in [2.45, 2.75) is 6.92 Å². The molecule has 0 aromatic carbocycles. The molecule has 1 heterocycles. The predicted molar refractivity (Wildman–Crippen MR) is 43.5 cm³/mol. The minimum atomic E-state index is 0.681. The summed E-state index contributed by atoms with van der Waals surface area (Å²) in [6, 6.07) is 1.86. The lowest BCUT2D eigenvalue weighted by Crippen LogP contribution is -1.90. The number of aryl methyl sites for hydroxylation is 1. The molecule has 0 atom stereocenters. The molecular weight excluding hydrogens is 124 g/mol. The number of aromatic nitrogens is 1. The Morgan fingerprint density at radius 1 is 1.70 bits per heavy atom. The molecule has 0 aliphatic rings. The minimum Gasteiger partial charge on any atom is -0.397 e. The third-order valence-electron chi connectivity index (χ3n) is 1.37. The molecule has 2 nitrogen and oxygen atoms in total. The van der Waals surface area contributed by atoms with Crippen molar-refractivity contribution in [1.29, 1.82) is 0 Å². The van der Waals surface area contributed by atoms with Crippen molar-refractivity contribution < 1.29 is 0 Å². The third kappa shape index (κ3) is 1.16. The highest BCUT2D eigenvalue weighted by atomic mass is 14.7. The van der Waals surface area contributed by atoms with E-state index in [1.54, 1.807) is 12.3 Å². The number of pyridine rings is 1. The Morgan fingerprint density at radius 3 is 2.90 bits per heavy atom. The van der Waals surface area contributed by atoms with Crippen LogP contribution in [-0.2, 0) is 0 Å². The summed E-state index contributed by atoms with van der Waals surface area (Å²) in [5.74, 6) is 0. The molecule has 1 aromatic rings. The number of nitrogen functional groups attached to an aromatic ring is 1. The largest absolute Gasteiger partial charge is 0.397 e. The van der Waals surface area contributed by atoms with Crippen molar-refractivity contribution >= 4 is 11.8 Å². The first-order chi connectivity index (χ1) is 4.74. The maximum absolute atomic E-state index is 5.49. The van der Waals surface area contributed by atoms with E-state index in [0.717, 1.165) is 11.3 Å². The van der Waals surface area contributed by atoms with E-state index in [0.29, 0.717) is 5.69 Å². The van der Waals surface area contributed by atoms with Gasteiger partial charge in [-0.3, -0.25) is 4.98 Å². The van der Waals surface area contributed by atoms with Gasteiger partial charge in [-0.15, -0.1) is 0 Å². The summed E-state index contributed by atoms with van der Waals surface area (Å²) in [6.07, 6.45) is 3.39. The second-order valence-electron chi connectivity index (χ2n) is 2.15. The van der Waals surface area contributed by atoms with Crippen LogP contribution in [0.25, 0.3) is 6.08 Å². The van der Waals surface area contributed by atoms with Crippen LogP contribution in [0, 0.1) is 6.92 Å². The van der Waals surface area contributed by atoms with E-state index in [-0.39, 0.29) is 0 Å². The average Bonchev–Trinajstić information content (AvgIpc) is 1.94. The van der Waals surface area contributed by atoms with Gasteiger partial charge in [0.1, 0.15) is 0 Å². The fourth-order valence-electron chi connectivity index (χ4n) is 0.774. The van der Waals surface area contributed by atoms with Gasteiger partial charge in [-0.2, -0.15) is 0 Å². The van der Waals surface area contributed by atoms with E-state index in [4.69, 9.17) is 5.73 Å². The highest BCUT2D eigenvalue weighted by molar-refractivity contribution is 5.54. The summed E-state index contributed by atoms with van der Waals surface area (Å²) in [4.78, 5) is 4.05. The molecule has 0 aliphatic carbocycles. The fraction of sp³-hybridized carbons (Fsp3) is 0.125. The predicted octanol–water partition coefficient (Wildman–Crippen LogP) is 1.62. The molecular formula is C8H10N2. The van der Waals surface area contributed by atoms with Crippen LogP contribution < -0.4 is 5.73 Å². The zero-order chi connectivity index (χ0) is 7.56. The quantitative estimate of drug-likeness (QED) is 0.633. The highest BCUT2D eigenvalue weighted by Crippen LogP contribution is 2.09. The van der Waals surface area contributed by atoms with Gasteiger partial charge in [-0.05, 0) is 18.6 Å². The maximum atomic E-state index is 5.49. The number of anilines is 1. The molecule has 0 fully saturated rings. The van der Waals surface area contributed by atoms with Crippen molar-refractivity contribution in [3.63, 3.8) is 0 Å². The van der Waals surface area contributed by atoms with Crippen LogP contribution in [0.15, 0.2) is 18.8 Å². The van der Waals surface area contributed by atoms with Crippen molar-refractivity contribution in [2.75, 3.05) is 5.73 Å². The van der Waals surface area contributed by atoms with E-state index >= 15 is 0 Å². The lowest BCUT2D eigenvalue weighted by Gasteiger charge is -1.98. The molecule has 10 heavy (non-hydrogen) atoms. The van der Waals surface area contributed by atoms with Gasteiger partial charge in [0, 0.05) is 5.69 Å². The molecule has 0 saturated heterocycles. The maximum Gasteiger partial charge on any atom is 0.0506 e. The molecule has 2 N–H and O–H groups in total. The van der Waals surface area contributed by atoms with Gasteiger partial charge in [0.05, 0.1) is 11.9 Å². The van der Waals surface area contributed by atoms with Gasteiger partial charge in [0.15, 0.2) is 0 Å². The van der Waals surface area contributed by atoms with Gasteiger partial charge in [-0.1, -0.05) is 12.7 Å². The smallest absolute Gasteiger partial charge is 0.0506 e. The molecule has 0 aliphatic heterocycles. The molecule has 0 unspecified atom stereocenters. The molecule has 0 radical (unpaired) electrons. The summed E-state index contributed by atoms with van der Waals surface area (Å²) < 4.78 is 0. The molecule has 1 aromatic heterocycles. The molecule has 0 amide bonds. The van der Waals surface area contributed by atoms with Crippen LogP contribution >= 0.6 is 0 Å². The van der Waals surface area contributed by atoms with Crippen molar-refractivity contribution in [3.8, 4) is 0 Å². The van der Waals surface area contributed by atoms with Gasteiger partial charge in [-0.25, -0.2) is 0 Å². The van der Waals surface area contributed by atoms with Gasteiger partial charge in [0.2, 0.25) is 0 Å². The minimum absolute atomic E-state index is 0.681. The lowest BCUT2D eigenvalue weighted by molar-refractivity contribution is 1.19. The van der Waals surface area contributed by atoms with E-state index in [1.165, 1.54) is 0 Å². The van der Waals surface area contributed by atoms with Gasteiger partial charge in [0.25, 0.3) is 0 Å². The van der Waals surface area contributed by atoms with Crippen molar-refractivity contribution in [3.05, 3.63) is 30.1 Å². The van der Waals surface area contributed by atoms with Crippen molar-refractivity contribution in [1.82, 2.24) is 4.98 Å². The van der Waals surface area contributed by atoms with E-state index < -0.39 is 0 Å². The average molecular weight is 134 g/mol. The summed E-state index contributed by atoms with van der Waals surface area (Å²) in [5, 5.41) is 0. The van der Waals surface area contributed by atoms with E-state index in [1.807, 2.05) is 13.0 Å². The topological polar surface area (TPSA) is 38.9 Å². The van der Waals surface area contributed by atoms with Gasteiger partial charge >= 0.3 is 0 Å². The van der Waals surface area contributed by atoms with E-state index in [9.17, 15) is 0 Å². The van der Waals surface area contributed by atoms with Crippen LogP contribution in [0.5, 0.6) is 0 Å². The molecule has 0 saturated carbocycles. The number of hydrogen-bond acceptors (Lipinski definition) is 2. The van der Waals surface area contributed by atoms with Crippen LogP contribution in [0.3, 0.4) is 0 Å². The number of hydrogen-bond donors (Lipinski definition) is 1. The van der Waals surface area contributed by atoms with Crippen LogP contribution in [0.2, 0.25) is 0 Å². The molecule has 2 heteroatoms. The standard InChI is InChI=1S/C8H10N2/c1-3-7-4-8(9)5-10-6(7)2/h3-5H,1,9H2,2H3. The molecule has 1 rings (SSSR count). The zero-order valence-corrected chi connectivity index (χ0v) is 5.96. The van der Waals surface area contributed by atoms with Crippen LogP contribution in [0.1, 0.15) is 11.3 Å². The SMILES string of the molecule is C=Cc1cc(N)cnc1C.